The number of para-hydroxylation sites is 1. The van der Waals surface area contributed by atoms with Crippen LogP contribution in [0.1, 0.15) is 36.7 Å². The lowest BCUT2D eigenvalue weighted by Gasteiger charge is -2.20. The quantitative estimate of drug-likeness (QED) is 0.591. The third-order valence-corrected chi connectivity index (χ3v) is 4.50. The Balaban J connectivity index is 1.68. The highest BCUT2D eigenvalue weighted by Crippen LogP contribution is 2.21. The lowest BCUT2D eigenvalue weighted by Crippen LogP contribution is -2.42. The zero-order valence-corrected chi connectivity index (χ0v) is 17.9. The molecule has 0 unspecified atom stereocenters. The smallest absolute Gasteiger partial charge is 0.340 e. The monoisotopic (exact) mass is 418 g/mol. The van der Waals surface area contributed by atoms with E-state index in [0.29, 0.717) is 5.69 Å². The molecule has 0 fully saturated rings. The van der Waals surface area contributed by atoms with E-state index in [-0.39, 0.29) is 17.9 Å². The van der Waals surface area contributed by atoms with E-state index in [0.717, 1.165) is 16.3 Å². The number of esters is 1. The van der Waals surface area contributed by atoms with Gasteiger partial charge in [-0.25, -0.2) is 4.79 Å². The molecule has 0 aromatic heterocycles. The van der Waals surface area contributed by atoms with Crippen molar-refractivity contribution < 1.29 is 19.1 Å². The van der Waals surface area contributed by atoms with Gasteiger partial charge < -0.3 is 15.4 Å². The molecule has 0 spiro atoms. The van der Waals surface area contributed by atoms with E-state index < -0.39 is 24.0 Å². The van der Waals surface area contributed by atoms with E-state index in [1.807, 2.05) is 63.2 Å². The molecule has 2 amide bonds. The van der Waals surface area contributed by atoms with Gasteiger partial charge in [0.25, 0.3) is 5.91 Å². The van der Waals surface area contributed by atoms with Crippen molar-refractivity contribution in [1.29, 1.82) is 0 Å². The molecular weight excluding hydrogens is 392 g/mol. The molecule has 0 aliphatic heterocycles. The Morgan fingerprint density at radius 2 is 1.52 bits per heavy atom. The van der Waals surface area contributed by atoms with Gasteiger partial charge in [0.05, 0.1) is 17.7 Å². The fourth-order valence-electron chi connectivity index (χ4n) is 3.25. The van der Waals surface area contributed by atoms with E-state index >= 15 is 0 Å². The number of ether oxygens (including phenoxy) is 1. The third-order valence-electron chi connectivity index (χ3n) is 4.50. The summed E-state index contributed by atoms with van der Waals surface area (Å²) in [5.41, 5.74) is 1.01. The number of carbonyl (C=O) groups is 3. The summed E-state index contributed by atoms with van der Waals surface area (Å²) in [6, 6.07) is 20.3. The van der Waals surface area contributed by atoms with E-state index in [9.17, 15) is 14.4 Å². The largest absolute Gasteiger partial charge is 0.452 e. The van der Waals surface area contributed by atoms with Crippen molar-refractivity contribution in [1.82, 2.24) is 5.32 Å². The maximum atomic E-state index is 12.7. The molecule has 6 heteroatoms. The summed E-state index contributed by atoms with van der Waals surface area (Å²) in [4.78, 5) is 37.1. The molecule has 3 rings (SSSR count). The Hall–Kier alpha value is -3.67. The van der Waals surface area contributed by atoms with Gasteiger partial charge in [0.2, 0.25) is 5.91 Å². The molecule has 3 aromatic rings. The summed E-state index contributed by atoms with van der Waals surface area (Å²) < 4.78 is 5.13. The van der Waals surface area contributed by atoms with Crippen molar-refractivity contribution in [3.63, 3.8) is 0 Å². The first-order valence-electron chi connectivity index (χ1n) is 10.1. The van der Waals surface area contributed by atoms with E-state index in [2.05, 4.69) is 10.6 Å². The van der Waals surface area contributed by atoms with Gasteiger partial charge in [-0.1, -0.05) is 54.6 Å². The van der Waals surface area contributed by atoms with Gasteiger partial charge >= 0.3 is 5.97 Å². The third kappa shape index (κ3) is 6.15. The Kier molecular flexibility index (Phi) is 6.70. The number of anilines is 1. The molecule has 3 aromatic carbocycles. The van der Waals surface area contributed by atoms with Gasteiger partial charge in [-0.15, -0.1) is 0 Å². The Labute approximate surface area is 181 Å². The summed E-state index contributed by atoms with van der Waals surface area (Å²) in [5, 5.41) is 7.59. The Morgan fingerprint density at radius 1 is 0.839 bits per heavy atom. The zero-order valence-electron chi connectivity index (χ0n) is 17.9. The van der Waals surface area contributed by atoms with Crippen LogP contribution in [-0.2, 0) is 20.7 Å². The molecular formula is C25H26N2O4. The molecule has 0 saturated heterocycles. The number of carbonyl (C=O) groups excluding carboxylic acids is 3. The molecule has 160 valence electrons. The van der Waals surface area contributed by atoms with Crippen LogP contribution in [0, 0.1) is 0 Å². The minimum atomic E-state index is -0.676. The zero-order chi connectivity index (χ0) is 22.4. The number of hydrogen-bond acceptors (Lipinski definition) is 4. The minimum absolute atomic E-state index is 0.165. The van der Waals surface area contributed by atoms with E-state index in [1.54, 1.807) is 24.3 Å². The summed E-state index contributed by atoms with van der Waals surface area (Å²) in [7, 11) is 0. The number of fused-ring (bicyclic) bond motifs is 1. The van der Waals surface area contributed by atoms with Crippen molar-refractivity contribution in [3.05, 3.63) is 77.9 Å². The topological polar surface area (TPSA) is 84.5 Å². The first-order valence-corrected chi connectivity index (χ1v) is 10.1. The molecule has 6 nitrogen and oxygen atoms in total. The van der Waals surface area contributed by atoms with Gasteiger partial charge in [-0.2, -0.15) is 0 Å². The van der Waals surface area contributed by atoms with Crippen molar-refractivity contribution in [2.45, 2.75) is 32.7 Å². The van der Waals surface area contributed by atoms with Gasteiger partial charge in [0.1, 0.15) is 0 Å². The molecule has 0 bridgehead atoms. The molecule has 0 heterocycles. The summed E-state index contributed by atoms with van der Waals surface area (Å²) in [5.74, 6) is -1.31. The van der Waals surface area contributed by atoms with Crippen LogP contribution < -0.4 is 10.6 Å². The van der Waals surface area contributed by atoms with Crippen molar-refractivity contribution in [2.24, 2.45) is 0 Å². The minimum Gasteiger partial charge on any atom is -0.452 e. The van der Waals surface area contributed by atoms with Crippen LogP contribution in [0.4, 0.5) is 5.69 Å². The fourth-order valence-corrected chi connectivity index (χ4v) is 3.25. The summed E-state index contributed by atoms with van der Waals surface area (Å²) in [6.45, 7) is 5.13. The molecule has 2 N–H and O–H groups in total. The summed E-state index contributed by atoms with van der Waals surface area (Å²) in [6.07, 6.45) is 0.165. The van der Waals surface area contributed by atoms with Crippen LogP contribution >= 0.6 is 0 Å². The molecule has 0 aliphatic carbocycles. The van der Waals surface area contributed by atoms with Crippen LogP contribution in [0.5, 0.6) is 0 Å². The van der Waals surface area contributed by atoms with Crippen LogP contribution in [0.3, 0.4) is 0 Å². The molecule has 0 atom stereocenters. The highest BCUT2D eigenvalue weighted by Gasteiger charge is 2.18. The molecule has 0 aliphatic rings. The Bertz CT molecular complexity index is 1110. The van der Waals surface area contributed by atoms with Crippen LogP contribution in [0.15, 0.2) is 66.7 Å². The summed E-state index contributed by atoms with van der Waals surface area (Å²) >= 11 is 0. The maximum absolute atomic E-state index is 12.7. The lowest BCUT2D eigenvalue weighted by molar-refractivity contribution is -0.125. The predicted octanol–water partition coefficient (Wildman–Crippen LogP) is 4.09. The lowest BCUT2D eigenvalue weighted by atomic mass is 10.0. The van der Waals surface area contributed by atoms with E-state index in [1.165, 1.54) is 0 Å². The number of benzene rings is 3. The highest BCUT2D eigenvalue weighted by atomic mass is 16.5. The second-order valence-electron chi connectivity index (χ2n) is 8.28. The van der Waals surface area contributed by atoms with Gasteiger partial charge in [0.15, 0.2) is 6.61 Å². The normalized spacial score (nSPS) is 11.1. The predicted molar refractivity (Wildman–Crippen MR) is 121 cm³/mol. The van der Waals surface area contributed by atoms with Gasteiger partial charge in [-0.05, 0) is 49.2 Å². The maximum Gasteiger partial charge on any atom is 0.340 e. The number of nitrogens with one attached hydrogen (secondary N) is 2. The number of hydrogen-bond donors (Lipinski definition) is 2. The SMILES string of the molecule is CC(C)(C)NC(=O)COC(=O)c1ccccc1NC(=O)Cc1cccc2ccccc12. The van der Waals surface area contributed by atoms with Crippen LogP contribution in [0.2, 0.25) is 0 Å². The van der Waals surface area contributed by atoms with Crippen molar-refractivity contribution in [2.75, 3.05) is 11.9 Å². The van der Waals surface area contributed by atoms with Crippen molar-refractivity contribution in [3.8, 4) is 0 Å². The molecule has 31 heavy (non-hydrogen) atoms. The average Bonchev–Trinajstić information content (AvgIpc) is 2.71. The second-order valence-corrected chi connectivity index (χ2v) is 8.28. The first kappa shape index (κ1) is 22.0. The molecule has 0 saturated carbocycles. The van der Waals surface area contributed by atoms with Gasteiger partial charge in [0, 0.05) is 5.54 Å². The average molecular weight is 418 g/mol. The van der Waals surface area contributed by atoms with Crippen LogP contribution in [-0.4, -0.2) is 29.9 Å². The second kappa shape index (κ2) is 9.43. The number of amides is 2. The van der Waals surface area contributed by atoms with Crippen molar-refractivity contribution >= 4 is 34.2 Å². The number of rotatable bonds is 6. The molecule has 0 radical (unpaired) electrons. The van der Waals surface area contributed by atoms with E-state index in [4.69, 9.17) is 4.74 Å². The first-order chi connectivity index (χ1) is 14.7. The fraction of sp³-hybridized carbons (Fsp3) is 0.240. The standard InChI is InChI=1S/C25H26N2O4/c1-25(2,3)27-23(29)16-31-24(30)20-13-6-7-14-21(20)26-22(28)15-18-11-8-10-17-9-4-5-12-19(17)18/h4-14H,15-16H2,1-3H3,(H,26,28)(H,27,29). The van der Waals surface area contributed by atoms with Crippen LogP contribution in [0.25, 0.3) is 10.8 Å². The van der Waals surface area contributed by atoms with Gasteiger partial charge in [-0.3, -0.25) is 9.59 Å². The Morgan fingerprint density at radius 3 is 2.29 bits per heavy atom. The highest BCUT2D eigenvalue weighted by molar-refractivity contribution is 6.03.